The van der Waals surface area contributed by atoms with Crippen molar-refractivity contribution in [3.63, 3.8) is 0 Å². The first-order chi connectivity index (χ1) is 7.43. The van der Waals surface area contributed by atoms with Gasteiger partial charge in [-0.1, -0.05) is 15.9 Å². The first-order valence-corrected chi connectivity index (χ1v) is 5.34. The Morgan fingerprint density at radius 2 is 1.94 bits per heavy atom. The average Bonchev–Trinajstić information content (AvgIpc) is 2.16. The Morgan fingerprint density at radius 3 is 2.50 bits per heavy atom. The van der Waals surface area contributed by atoms with Gasteiger partial charge in [0.25, 0.3) is 0 Å². The molecule has 1 aromatic rings. The Bertz CT molecular complexity index is 352. The number of alkyl halides is 3. The molecule has 16 heavy (non-hydrogen) atoms. The molecule has 0 heterocycles. The molecule has 0 fully saturated rings. The van der Waals surface area contributed by atoms with Gasteiger partial charge in [-0.15, -0.1) is 0 Å². The summed E-state index contributed by atoms with van der Waals surface area (Å²) in [6.45, 7) is 0.129. The molecule has 0 unspecified atom stereocenters. The van der Waals surface area contributed by atoms with Crippen molar-refractivity contribution >= 4 is 15.9 Å². The predicted molar refractivity (Wildman–Crippen MR) is 56.3 cm³/mol. The van der Waals surface area contributed by atoms with Gasteiger partial charge in [0, 0.05) is 17.5 Å². The van der Waals surface area contributed by atoms with E-state index in [0.717, 1.165) is 12.1 Å². The minimum absolute atomic E-state index is 0.0554. The van der Waals surface area contributed by atoms with E-state index in [1.165, 1.54) is 6.07 Å². The number of aliphatic hydroxyl groups excluding tert-OH is 1. The number of halogens is 4. The van der Waals surface area contributed by atoms with Gasteiger partial charge in [0.1, 0.15) is 5.75 Å². The molecule has 0 saturated carbocycles. The molecular formula is C10H10BrF3O2. The van der Waals surface area contributed by atoms with Crippen LogP contribution in [0.4, 0.5) is 13.2 Å². The molecule has 1 N–H and O–H groups in total. The smallest absolute Gasteiger partial charge is 0.416 e. The second-order valence-corrected chi connectivity index (χ2v) is 4.01. The van der Waals surface area contributed by atoms with Gasteiger partial charge in [-0.05, 0) is 18.2 Å². The number of hydrogen-bond donors (Lipinski definition) is 1. The van der Waals surface area contributed by atoms with Crippen molar-refractivity contribution in [2.24, 2.45) is 0 Å². The summed E-state index contributed by atoms with van der Waals surface area (Å²) in [6, 6.07) is 3.37. The van der Waals surface area contributed by atoms with Crippen LogP contribution in [0.1, 0.15) is 12.0 Å². The van der Waals surface area contributed by atoms with Gasteiger partial charge >= 0.3 is 6.18 Å². The number of ether oxygens (including phenoxy) is 1. The summed E-state index contributed by atoms with van der Waals surface area (Å²) >= 11 is 2.99. The minimum Gasteiger partial charge on any atom is -0.493 e. The molecule has 0 saturated heterocycles. The maximum atomic E-state index is 12.4. The van der Waals surface area contributed by atoms with Crippen LogP contribution >= 0.6 is 15.9 Å². The van der Waals surface area contributed by atoms with Crippen LogP contribution in [0.5, 0.6) is 5.75 Å². The van der Waals surface area contributed by atoms with Crippen LogP contribution in [-0.4, -0.2) is 18.3 Å². The minimum atomic E-state index is -4.39. The molecule has 0 bridgehead atoms. The van der Waals surface area contributed by atoms with Crippen LogP contribution in [0.3, 0.4) is 0 Å². The van der Waals surface area contributed by atoms with E-state index in [4.69, 9.17) is 9.84 Å². The maximum absolute atomic E-state index is 12.4. The number of rotatable bonds is 4. The molecule has 0 aliphatic carbocycles. The van der Waals surface area contributed by atoms with Crippen LogP contribution in [0.2, 0.25) is 0 Å². The van der Waals surface area contributed by atoms with E-state index in [-0.39, 0.29) is 19.0 Å². The Kier molecular flexibility index (Phi) is 4.61. The molecule has 0 atom stereocenters. The summed E-state index contributed by atoms with van der Waals surface area (Å²) in [4.78, 5) is 0. The van der Waals surface area contributed by atoms with Gasteiger partial charge in [-0.25, -0.2) is 0 Å². The van der Waals surface area contributed by atoms with E-state index < -0.39 is 11.7 Å². The zero-order valence-corrected chi connectivity index (χ0v) is 9.81. The van der Waals surface area contributed by atoms with Crippen molar-refractivity contribution in [2.75, 3.05) is 13.2 Å². The highest BCUT2D eigenvalue weighted by atomic mass is 79.9. The quantitative estimate of drug-likeness (QED) is 0.865. The summed E-state index contributed by atoms with van der Waals surface area (Å²) < 4.78 is 42.6. The maximum Gasteiger partial charge on any atom is 0.416 e. The van der Waals surface area contributed by atoms with Gasteiger partial charge in [0.15, 0.2) is 0 Å². The van der Waals surface area contributed by atoms with Crippen LogP contribution < -0.4 is 4.74 Å². The topological polar surface area (TPSA) is 29.5 Å². The van der Waals surface area contributed by atoms with Gasteiger partial charge in [-0.2, -0.15) is 13.2 Å². The predicted octanol–water partition coefficient (Wildman–Crippen LogP) is 3.23. The summed E-state index contributed by atoms with van der Waals surface area (Å²) in [7, 11) is 0. The first-order valence-electron chi connectivity index (χ1n) is 4.55. The number of aliphatic hydroxyl groups is 1. The molecule has 0 aliphatic rings. The summed E-state index contributed by atoms with van der Waals surface area (Å²) in [5, 5.41) is 8.51. The van der Waals surface area contributed by atoms with Crippen molar-refractivity contribution in [2.45, 2.75) is 12.6 Å². The molecule has 0 aromatic heterocycles. The summed E-state index contributed by atoms with van der Waals surface area (Å²) in [5.41, 5.74) is -0.763. The lowest BCUT2D eigenvalue weighted by atomic mass is 10.2. The van der Waals surface area contributed by atoms with Crippen molar-refractivity contribution in [1.82, 2.24) is 0 Å². The van der Waals surface area contributed by atoms with Gasteiger partial charge in [0.05, 0.1) is 12.2 Å². The van der Waals surface area contributed by atoms with Crippen molar-refractivity contribution in [3.05, 3.63) is 28.2 Å². The molecule has 6 heteroatoms. The highest BCUT2D eigenvalue weighted by molar-refractivity contribution is 9.10. The van der Waals surface area contributed by atoms with Crippen molar-refractivity contribution in [1.29, 1.82) is 0 Å². The molecule has 0 spiro atoms. The Morgan fingerprint density at radius 1 is 1.25 bits per heavy atom. The molecular weight excluding hydrogens is 289 g/mol. The van der Waals surface area contributed by atoms with E-state index in [9.17, 15) is 13.2 Å². The van der Waals surface area contributed by atoms with Gasteiger partial charge in [-0.3, -0.25) is 0 Å². The second kappa shape index (κ2) is 5.54. The first kappa shape index (κ1) is 13.3. The zero-order valence-electron chi connectivity index (χ0n) is 8.22. The van der Waals surface area contributed by atoms with E-state index in [1.54, 1.807) is 0 Å². The van der Waals surface area contributed by atoms with E-state index in [1.807, 2.05) is 0 Å². The molecule has 0 aliphatic heterocycles. The third kappa shape index (κ3) is 4.02. The molecule has 90 valence electrons. The van der Waals surface area contributed by atoms with Crippen molar-refractivity contribution < 1.29 is 23.0 Å². The van der Waals surface area contributed by atoms with E-state index >= 15 is 0 Å². The van der Waals surface area contributed by atoms with Crippen LogP contribution in [0.15, 0.2) is 22.7 Å². The highest BCUT2D eigenvalue weighted by Crippen LogP contribution is 2.34. The molecule has 1 aromatic carbocycles. The molecule has 0 amide bonds. The highest BCUT2D eigenvalue weighted by Gasteiger charge is 2.31. The summed E-state index contributed by atoms with van der Waals surface area (Å²) in [5.74, 6) is 0.134. The molecule has 0 radical (unpaired) electrons. The normalized spacial score (nSPS) is 11.6. The third-order valence-electron chi connectivity index (χ3n) is 1.77. The average molecular weight is 299 g/mol. The number of hydrogen-bond acceptors (Lipinski definition) is 2. The lowest BCUT2D eigenvalue weighted by Gasteiger charge is -2.10. The Labute approximate surface area is 99.2 Å². The zero-order chi connectivity index (χ0) is 12.2. The van der Waals surface area contributed by atoms with Crippen LogP contribution in [-0.2, 0) is 6.18 Å². The van der Waals surface area contributed by atoms with Crippen molar-refractivity contribution in [3.8, 4) is 5.75 Å². The fourth-order valence-electron chi connectivity index (χ4n) is 1.06. The van der Waals surface area contributed by atoms with Gasteiger partial charge < -0.3 is 9.84 Å². The third-order valence-corrected chi connectivity index (χ3v) is 2.23. The monoisotopic (exact) mass is 298 g/mol. The van der Waals surface area contributed by atoms with E-state index in [2.05, 4.69) is 15.9 Å². The lowest BCUT2D eigenvalue weighted by Crippen LogP contribution is -2.06. The SMILES string of the molecule is OCCCOc1cc(Br)cc(C(F)(F)F)c1. The molecule has 2 nitrogen and oxygen atoms in total. The fraction of sp³-hybridized carbons (Fsp3) is 0.400. The second-order valence-electron chi connectivity index (χ2n) is 3.10. The largest absolute Gasteiger partial charge is 0.493 e. The standard InChI is InChI=1S/C10H10BrF3O2/c11-8-4-7(10(12,13)14)5-9(6-8)16-3-1-2-15/h4-6,15H,1-3H2. The van der Waals surface area contributed by atoms with E-state index in [0.29, 0.717) is 10.9 Å². The number of benzene rings is 1. The fourth-order valence-corrected chi connectivity index (χ4v) is 1.54. The Hall–Kier alpha value is -0.750. The van der Waals surface area contributed by atoms with Crippen LogP contribution in [0, 0.1) is 0 Å². The van der Waals surface area contributed by atoms with Crippen LogP contribution in [0.25, 0.3) is 0 Å². The Balaban J connectivity index is 2.82. The molecule has 1 rings (SSSR count). The lowest BCUT2D eigenvalue weighted by molar-refractivity contribution is -0.137. The van der Waals surface area contributed by atoms with Gasteiger partial charge in [0.2, 0.25) is 0 Å². The summed E-state index contributed by atoms with van der Waals surface area (Å²) in [6.07, 6.45) is -4.01.